The quantitative estimate of drug-likeness (QED) is 0.477. The molecule has 1 N–H and O–H groups in total. The standard InChI is InChI=1S/C10H8FN5O4S/c11-9-6(2-1-3-7(9)16(19)20)5-21-10-12-13-14-15(10)4-8(17)18/h1-3H,4-5H2,(H,17,18). The van der Waals surface area contributed by atoms with Crippen LogP contribution in [0.2, 0.25) is 0 Å². The average molecular weight is 313 g/mol. The first kappa shape index (κ1) is 14.8. The molecule has 0 radical (unpaired) electrons. The van der Waals surface area contributed by atoms with Crippen LogP contribution in [0.4, 0.5) is 10.1 Å². The van der Waals surface area contributed by atoms with E-state index in [4.69, 9.17) is 5.11 Å². The van der Waals surface area contributed by atoms with Crippen LogP contribution >= 0.6 is 11.8 Å². The molecule has 110 valence electrons. The molecule has 0 saturated heterocycles. The summed E-state index contributed by atoms with van der Waals surface area (Å²) in [7, 11) is 0. The van der Waals surface area contributed by atoms with Crippen molar-refractivity contribution in [2.75, 3.05) is 0 Å². The van der Waals surface area contributed by atoms with Crippen molar-refractivity contribution in [3.05, 3.63) is 39.7 Å². The Balaban J connectivity index is 2.14. The van der Waals surface area contributed by atoms with Crippen molar-refractivity contribution < 1.29 is 19.2 Å². The smallest absolute Gasteiger partial charge is 0.325 e. The third-order valence-corrected chi connectivity index (χ3v) is 3.40. The molecule has 0 bridgehead atoms. The number of aromatic nitrogens is 4. The molecule has 1 aromatic heterocycles. The number of carbonyl (C=O) groups is 1. The van der Waals surface area contributed by atoms with Gasteiger partial charge in [0, 0.05) is 17.4 Å². The number of nitro benzene ring substituents is 1. The maximum atomic E-state index is 13.9. The number of aliphatic carboxylic acids is 1. The molecule has 0 amide bonds. The molecule has 0 aliphatic rings. The molecule has 21 heavy (non-hydrogen) atoms. The van der Waals surface area contributed by atoms with Gasteiger partial charge in [-0.1, -0.05) is 23.9 Å². The van der Waals surface area contributed by atoms with E-state index in [1.54, 1.807) is 0 Å². The summed E-state index contributed by atoms with van der Waals surface area (Å²) in [5, 5.41) is 29.9. The lowest BCUT2D eigenvalue weighted by Gasteiger charge is -2.03. The van der Waals surface area contributed by atoms with Crippen LogP contribution in [-0.4, -0.2) is 36.2 Å². The van der Waals surface area contributed by atoms with E-state index < -0.39 is 28.9 Å². The predicted molar refractivity (Wildman–Crippen MR) is 68.1 cm³/mol. The molecule has 0 aliphatic heterocycles. The van der Waals surface area contributed by atoms with Crippen LogP contribution in [0.5, 0.6) is 0 Å². The molecule has 0 atom stereocenters. The Kier molecular flexibility index (Phi) is 4.42. The van der Waals surface area contributed by atoms with Gasteiger partial charge in [-0.3, -0.25) is 14.9 Å². The van der Waals surface area contributed by atoms with Crippen LogP contribution in [0.15, 0.2) is 23.4 Å². The van der Waals surface area contributed by atoms with Gasteiger partial charge in [0.2, 0.25) is 11.0 Å². The minimum Gasteiger partial charge on any atom is -0.480 e. The minimum atomic E-state index is -1.12. The third kappa shape index (κ3) is 3.51. The molecule has 1 heterocycles. The summed E-state index contributed by atoms with van der Waals surface area (Å²) in [6, 6.07) is 3.84. The number of hydrogen-bond donors (Lipinski definition) is 1. The number of nitrogens with zero attached hydrogens (tertiary/aromatic N) is 5. The van der Waals surface area contributed by atoms with E-state index >= 15 is 0 Å². The van der Waals surface area contributed by atoms with Crippen LogP contribution in [0, 0.1) is 15.9 Å². The van der Waals surface area contributed by atoms with Gasteiger partial charge in [0.25, 0.3) is 0 Å². The Bertz CT molecular complexity index is 692. The summed E-state index contributed by atoms with van der Waals surface area (Å²) >= 11 is 0.984. The maximum absolute atomic E-state index is 13.9. The monoisotopic (exact) mass is 313 g/mol. The van der Waals surface area contributed by atoms with Crippen LogP contribution in [0.3, 0.4) is 0 Å². The summed E-state index contributed by atoms with van der Waals surface area (Å²) in [6.07, 6.45) is 0. The Hall–Kier alpha value is -2.56. The van der Waals surface area contributed by atoms with Gasteiger partial charge in [-0.15, -0.1) is 5.10 Å². The van der Waals surface area contributed by atoms with Gasteiger partial charge in [-0.05, 0) is 10.4 Å². The fourth-order valence-corrected chi connectivity index (χ4v) is 2.34. The first-order valence-corrected chi connectivity index (χ1v) is 6.50. The van der Waals surface area contributed by atoms with E-state index in [9.17, 15) is 19.3 Å². The zero-order valence-corrected chi connectivity index (χ0v) is 11.2. The number of rotatable bonds is 6. The highest BCUT2D eigenvalue weighted by Crippen LogP contribution is 2.26. The fraction of sp³-hybridized carbons (Fsp3) is 0.200. The molecule has 11 heteroatoms. The first-order chi connectivity index (χ1) is 9.99. The molecular weight excluding hydrogens is 305 g/mol. The van der Waals surface area contributed by atoms with E-state index in [0.29, 0.717) is 0 Å². The zero-order chi connectivity index (χ0) is 15.4. The highest BCUT2D eigenvalue weighted by Gasteiger charge is 2.18. The van der Waals surface area contributed by atoms with Crippen molar-refractivity contribution >= 4 is 23.4 Å². The topological polar surface area (TPSA) is 124 Å². The lowest BCUT2D eigenvalue weighted by atomic mass is 10.2. The lowest BCUT2D eigenvalue weighted by molar-refractivity contribution is -0.387. The molecule has 0 spiro atoms. The third-order valence-electron chi connectivity index (χ3n) is 2.40. The summed E-state index contributed by atoms with van der Waals surface area (Å²) in [4.78, 5) is 20.4. The largest absolute Gasteiger partial charge is 0.480 e. The number of carboxylic acids is 1. The van der Waals surface area contributed by atoms with Crippen LogP contribution < -0.4 is 0 Å². The van der Waals surface area contributed by atoms with Gasteiger partial charge in [-0.2, -0.15) is 4.39 Å². The summed E-state index contributed by atoms with van der Waals surface area (Å²) in [5.74, 6) is -2.01. The number of carboxylic acid groups (broad SMARTS) is 1. The van der Waals surface area contributed by atoms with E-state index in [1.165, 1.54) is 12.1 Å². The van der Waals surface area contributed by atoms with Gasteiger partial charge in [0.1, 0.15) is 6.54 Å². The minimum absolute atomic E-state index is 0.0352. The molecule has 9 nitrogen and oxygen atoms in total. The molecule has 2 aromatic rings. The number of benzene rings is 1. The van der Waals surface area contributed by atoms with E-state index in [-0.39, 0.29) is 16.5 Å². The van der Waals surface area contributed by atoms with Crippen LogP contribution in [0.25, 0.3) is 0 Å². The lowest BCUT2D eigenvalue weighted by Crippen LogP contribution is -2.11. The number of hydrogen-bond acceptors (Lipinski definition) is 7. The number of halogens is 1. The zero-order valence-electron chi connectivity index (χ0n) is 10.3. The average Bonchev–Trinajstić information content (AvgIpc) is 2.83. The van der Waals surface area contributed by atoms with Crippen molar-refractivity contribution in [2.24, 2.45) is 0 Å². The van der Waals surface area contributed by atoms with Crippen molar-refractivity contribution in [1.82, 2.24) is 20.2 Å². The van der Waals surface area contributed by atoms with E-state index in [2.05, 4.69) is 15.5 Å². The molecular formula is C10H8FN5O4S. The van der Waals surface area contributed by atoms with Gasteiger partial charge in [-0.25, -0.2) is 4.68 Å². The van der Waals surface area contributed by atoms with E-state index in [0.717, 1.165) is 22.5 Å². The van der Waals surface area contributed by atoms with Crippen molar-refractivity contribution in [1.29, 1.82) is 0 Å². The molecule has 0 aliphatic carbocycles. The van der Waals surface area contributed by atoms with Crippen molar-refractivity contribution in [2.45, 2.75) is 17.5 Å². The summed E-state index contributed by atoms with van der Waals surface area (Å²) in [6.45, 7) is -0.424. The van der Waals surface area contributed by atoms with Crippen LogP contribution in [0.1, 0.15) is 5.56 Å². The van der Waals surface area contributed by atoms with Crippen LogP contribution in [-0.2, 0) is 17.1 Å². The highest BCUT2D eigenvalue weighted by molar-refractivity contribution is 7.98. The molecule has 0 unspecified atom stereocenters. The Morgan fingerprint density at radius 1 is 1.52 bits per heavy atom. The molecule has 1 aromatic carbocycles. The highest BCUT2D eigenvalue weighted by atomic mass is 32.2. The summed E-state index contributed by atoms with van der Waals surface area (Å²) in [5.41, 5.74) is -0.502. The fourth-order valence-electron chi connectivity index (χ4n) is 1.49. The number of tetrazole rings is 1. The SMILES string of the molecule is O=C(O)Cn1nnnc1SCc1cccc([N+](=O)[O-])c1F. The van der Waals surface area contributed by atoms with E-state index in [1.807, 2.05) is 0 Å². The Morgan fingerprint density at radius 3 is 2.95 bits per heavy atom. The number of nitro groups is 1. The second-order valence-electron chi connectivity index (χ2n) is 3.81. The van der Waals surface area contributed by atoms with Crippen molar-refractivity contribution in [3.63, 3.8) is 0 Å². The van der Waals surface area contributed by atoms with Gasteiger partial charge < -0.3 is 5.11 Å². The maximum Gasteiger partial charge on any atom is 0.325 e. The molecule has 0 fully saturated rings. The Labute approximate surface area is 120 Å². The first-order valence-electron chi connectivity index (χ1n) is 5.51. The molecule has 0 saturated carbocycles. The normalized spacial score (nSPS) is 10.5. The van der Waals surface area contributed by atoms with Gasteiger partial charge in [0.05, 0.1) is 4.92 Å². The second-order valence-corrected chi connectivity index (χ2v) is 4.75. The van der Waals surface area contributed by atoms with Gasteiger partial charge in [0.15, 0.2) is 0 Å². The molecule has 2 rings (SSSR count). The predicted octanol–water partition coefficient (Wildman–Crippen LogP) is 1.10. The second kappa shape index (κ2) is 6.26. The van der Waals surface area contributed by atoms with Gasteiger partial charge >= 0.3 is 11.7 Å². The number of thioether (sulfide) groups is 1. The summed E-state index contributed by atoms with van der Waals surface area (Å²) < 4.78 is 14.9. The van der Waals surface area contributed by atoms with Crippen molar-refractivity contribution in [3.8, 4) is 0 Å². The Morgan fingerprint density at radius 2 is 2.29 bits per heavy atom.